The smallest absolute Gasteiger partial charge is 0.0411 e. The molecule has 0 atom stereocenters. The van der Waals surface area contributed by atoms with E-state index in [1.165, 1.54) is 11.3 Å². The Kier molecular flexibility index (Phi) is 4.08. The summed E-state index contributed by atoms with van der Waals surface area (Å²) in [6.45, 7) is 10.4. The Bertz CT molecular complexity index is 290. The van der Waals surface area contributed by atoms with Crippen LogP contribution >= 0.6 is 0 Å². The zero-order valence-electron chi connectivity index (χ0n) is 9.59. The van der Waals surface area contributed by atoms with Crippen molar-refractivity contribution in [3.8, 4) is 0 Å². The van der Waals surface area contributed by atoms with Gasteiger partial charge in [-0.25, -0.2) is 0 Å². The van der Waals surface area contributed by atoms with E-state index in [9.17, 15) is 0 Å². The number of rotatable bonds is 1. The summed E-state index contributed by atoms with van der Waals surface area (Å²) in [7, 11) is 0. The molecule has 2 nitrogen and oxygen atoms in total. The minimum Gasteiger partial charge on any atom is -0.315 e. The number of nitrogens with zero attached hydrogens (tertiary/aromatic N) is 1. The van der Waals surface area contributed by atoms with Crippen molar-refractivity contribution >= 4 is 0 Å². The summed E-state index contributed by atoms with van der Waals surface area (Å²) >= 11 is 0. The number of pyridine rings is 1. The summed E-state index contributed by atoms with van der Waals surface area (Å²) in [5, 5.41) is 3.27. The number of hydrogen-bond acceptors (Lipinski definition) is 2. The molecular formula is C12H20N2. The van der Waals surface area contributed by atoms with E-state index in [0.717, 1.165) is 18.8 Å². The molecule has 0 aromatic carbocycles. The molecule has 2 heteroatoms. The first kappa shape index (κ1) is 11.2. The minimum absolute atomic E-state index is 0.707. The monoisotopic (exact) mass is 192 g/mol. The normalized spacial score (nSPS) is 15.4. The maximum absolute atomic E-state index is 4.45. The Balaban J connectivity index is 0.000000461. The zero-order valence-corrected chi connectivity index (χ0v) is 9.59. The number of hydrogen-bond donors (Lipinski definition) is 1. The Morgan fingerprint density at radius 3 is 2.29 bits per heavy atom. The first-order valence-electron chi connectivity index (χ1n) is 5.42. The molecule has 1 aliphatic rings. The molecule has 0 aliphatic carbocycles. The third-order valence-electron chi connectivity index (χ3n) is 2.49. The van der Waals surface area contributed by atoms with Gasteiger partial charge in [0.1, 0.15) is 0 Å². The average molecular weight is 192 g/mol. The lowest BCUT2D eigenvalue weighted by Gasteiger charge is -2.28. The summed E-state index contributed by atoms with van der Waals surface area (Å²) < 4.78 is 0. The predicted octanol–water partition coefficient (Wildman–Crippen LogP) is 2.41. The van der Waals surface area contributed by atoms with Gasteiger partial charge >= 0.3 is 0 Å². The van der Waals surface area contributed by atoms with Crippen LogP contribution in [0, 0.1) is 13.8 Å². The molecule has 1 fully saturated rings. The van der Waals surface area contributed by atoms with E-state index in [0.29, 0.717) is 5.92 Å². The van der Waals surface area contributed by atoms with E-state index in [1.807, 2.05) is 20.8 Å². The van der Waals surface area contributed by atoms with Gasteiger partial charge in [-0.3, -0.25) is 4.98 Å². The lowest BCUT2D eigenvalue weighted by atomic mass is 9.92. The van der Waals surface area contributed by atoms with Gasteiger partial charge in [0.25, 0.3) is 0 Å². The fraction of sp³-hybridized carbons (Fsp3) is 0.583. The van der Waals surface area contributed by atoms with Crippen LogP contribution in [0.2, 0.25) is 0 Å². The van der Waals surface area contributed by atoms with Gasteiger partial charge in [-0.05, 0) is 25.5 Å². The molecule has 0 radical (unpaired) electrons. The van der Waals surface area contributed by atoms with Gasteiger partial charge in [-0.15, -0.1) is 0 Å². The number of nitrogens with one attached hydrogen (secondary N) is 1. The molecule has 1 aliphatic heterocycles. The molecule has 1 aromatic rings. The lowest BCUT2D eigenvalue weighted by molar-refractivity contribution is 0.445. The van der Waals surface area contributed by atoms with E-state index in [-0.39, 0.29) is 0 Å². The average Bonchev–Trinajstić information content (AvgIpc) is 2.10. The van der Waals surface area contributed by atoms with Gasteiger partial charge in [-0.2, -0.15) is 0 Å². The number of aryl methyl sites for hydroxylation is 2. The molecule has 0 saturated carbocycles. The van der Waals surface area contributed by atoms with Gasteiger partial charge in [0.15, 0.2) is 0 Å². The van der Waals surface area contributed by atoms with E-state index in [1.54, 1.807) is 0 Å². The van der Waals surface area contributed by atoms with Crippen LogP contribution < -0.4 is 5.32 Å². The van der Waals surface area contributed by atoms with E-state index >= 15 is 0 Å². The van der Waals surface area contributed by atoms with E-state index in [2.05, 4.69) is 29.4 Å². The van der Waals surface area contributed by atoms with E-state index in [4.69, 9.17) is 0 Å². The molecule has 1 aromatic heterocycles. The van der Waals surface area contributed by atoms with Crippen LogP contribution in [0.25, 0.3) is 0 Å². The van der Waals surface area contributed by atoms with Crippen LogP contribution in [0.3, 0.4) is 0 Å². The van der Waals surface area contributed by atoms with Crippen LogP contribution in [0.4, 0.5) is 0 Å². The van der Waals surface area contributed by atoms with Gasteiger partial charge in [0.05, 0.1) is 0 Å². The Morgan fingerprint density at radius 1 is 1.21 bits per heavy atom. The summed E-state index contributed by atoms with van der Waals surface area (Å²) in [5.74, 6) is 0.707. The fourth-order valence-corrected chi connectivity index (χ4v) is 1.64. The van der Waals surface area contributed by atoms with Crippen molar-refractivity contribution in [3.05, 3.63) is 29.1 Å². The molecule has 2 rings (SSSR count). The van der Waals surface area contributed by atoms with Crippen molar-refractivity contribution in [1.82, 2.24) is 10.3 Å². The first-order chi connectivity index (χ1) is 6.77. The first-order valence-corrected chi connectivity index (χ1v) is 5.42. The molecule has 0 spiro atoms. The third-order valence-corrected chi connectivity index (χ3v) is 2.49. The molecular weight excluding hydrogens is 172 g/mol. The molecule has 1 N–H and O–H groups in total. The maximum atomic E-state index is 4.45. The second kappa shape index (κ2) is 5.11. The summed E-state index contributed by atoms with van der Waals surface area (Å²) in [4.78, 5) is 4.45. The highest BCUT2D eigenvalue weighted by atomic mass is 14.9. The maximum Gasteiger partial charge on any atom is 0.0411 e. The van der Waals surface area contributed by atoms with E-state index < -0.39 is 0 Å². The topological polar surface area (TPSA) is 24.9 Å². The predicted molar refractivity (Wildman–Crippen MR) is 60.7 cm³/mol. The van der Waals surface area contributed by atoms with Gasteiger partial charge in [0.2, 0.25) is 0 Å². The Labute approximate surface area is 86.8 Å². The van der Waals surface area contributed by atoms with Crippen LogP contribution in [-0.4, -0.2) is 18.1 Å². The highest BCUT2D eigenvalue weighted by Gasteiger charge is 2.20. The summed E-state index contributed by atoms with van der Waals surface area (Å²) in [5.41, 5.74) is 3.73. The second-order valence-corrected chi connectivity index (χ2v) is 3.48. The van der Waals surface area contributed by atoms with Gasteiger partial charge in [0, 0.05) is 30.4 Å². The molecule has 2 heterocycles. The quantitative estimate of drug-likeness (QED) is 0.739. The molecule has 14 heavy (non-hydrogen) atoms. The zero-order chi connectivity index (χ0) is 10.6. The Morgan fingerprint density at radius 2 is 1.86 bits per heavy atom. The van der Waals surface area contributed by atoms with Crippen molar-refractivity contribution in [2.45, 2.75) is 33.6 Å². The van der Waals surface area contributed by atoms with Crippen LogP contribution in [0.15, 0.2) is 12.1 Å². The van der Waals surface area contributed by atoms with Crippen LogP contribution in [-0.2, 0) is 0 Å². The van der Waals surface area contributed by atoms with Crippen molar-refractivity contribution in [1.29, 1.82) is 0 Å². The molecule has 0 unspecified atom stereocenters. The molecule has 78 valence electrons. The van der Waals surface area contributed by atoms with Crippen molar-refractivity contribution in [3.63, 3.8) is 0 Å². The van der Waals surface area contributed by atoms with Crippen molar-refractivity contribution < 1.29 is 0 Å². The fourth-order valence-electron chi connectivity index (χ4n) is 1.64. The molecule has 0 bridgehead atoms. The van der Waals surface area contributed by atoms with Gasteiger partial charge < -0.3 is 5.32 Å². The number of aromatic nitrogens is 1. The standard InChI is InChI=1S/C10H14N2.C2H6/c1-7-3-4-10(8(2)12-7)9-5-11-6-9;1-2/h3-4,9,11H,5-6H2,1-2H3;1-2H3. The van der Waals surface area contributed by atoms with Crippen molar-refractivity contribution in [2.24, 2.45) is 0 Å². The minimum atomic E-state index is 0.707. The van der Waals surface area contributed by atoms with Crippen LogP contribution in [0.1, 0.15) is 36.7 Å². The Hall–Kier alpha value is -0.890. The molecule has 1 saturated heterocycles. The highest BCUT2D eigenvalue weighted by molar-refractivity contribution is 5.27. The SMILES string of the molecule is CC.Cc1ccc(C2CNC2)c(C)n1. The second-order valence-electron chi connectivity index (χ2n) is 3.48. The summed E-state index contributed by atoms with van der Waals surface area (Å²) in [6, 6.07) is 4.31. The van der Waals surface area contributed by atoms with Gasteiger partial charge in [-0.1, -0.05) is 19.9 Å². The van der Waals surface area contributed by atoms with Crippen LogP contribution in [0.5, 0.6) is 0 Å². The highest BCUT2D eigenvalue weighted by Crippen LogP contribution is 2.21. The molecule has 0 amide bonds. The lowest BCUT2D eigenvalue weighted by Crippen LogP contribution is -2.40. The van der Waals surface area contributed by atoms with Crippen molar-refractivity contribution in [2.75, 3.05) is 13.1 Å². The third kappa shape index (κ3) is 2.32. The summed E-state index contributed by atoms with van der Waals surface area (Å²) in [6.07, 6.45) is 0. The largest absolute Gasteiger partial charge is 0.315 e.